The zero-order chi connectivity index (χ0) is 14.3. The number of halogens is 4. The minimum absolute atomic E-state index is 0. The molecule has 0 spiro atoms. The Morgan fingerprint density at radius 1 is 0.350 bits per heavy atom. The minimum atomic E-state index is -3.17. The molecule has 120 valence electrons. The summed E-state index contributed by atoms with van der Waals surface area (Å²) < 4.78 is 39.6. The van der Waals surface area contributed by atoms with E-state index in [4.69, 9.17) is 40.2 Å². The topological polar surface area (TPSA) is 184 Å². The van der Waals surface area contributed by atoms with Gasteiger partial charge in [-0.3, -0.25) is 0 Å². The van der Waals surface area contributed by atoms with E-state index < -0.39 is 29.6 Å². The Morgan fingerprint density at radius 2 is 0.350 bits per heavy atom. The molecule has 0 amide bonds. The minimum Gasteiger partial charge on any atom is -0.867 e. The molecular formula is B4F4O8Ru4. The van der Waals surface area contributed by atoms with Gasteiger partial charge in [0.25, 0.3) is 0 Å². The van der Waals surface area contributed by atoms with Gasteiger partial charge in [0, 0.05) is 0 Å². The first-order valence-corrected chi connectivity index (χ1v) is 2.76. The molecule has 0 atom stereocenters. The molecule has 0 heterocycles. The van der Waals surface area contributed by atoms with E-state index in [0.29, 0.717) is 0 Å². The SMILES string of the molecule is [O-]B([O-])F.[O-]B([O-])F.[O-]B([O-])F.[O-]B([O-])F.[Ru+2].[Ru+2].[Ru+2].[Ru+2]. The van der Waals surface area contributed by atoms with Crippen molar-refractivity contribution in [1.82, 2.24) is 0 Å². The van der Waals surface area contributed by atoms with Gasteiger partial charge >= 0.3 is 77.9 Å². The normalized spacial score (nSPS) is 5.40. The summed E-state index contributed by atoms with van der Waals surface area (Å²) in [6, 6.07) is 0. The summed E-state index contributed by atoms with van der Waals surface area (Å²) >= 11 is 0. The van der Waals surface area contributed by atoms with Crippen LogP contribution in [0.1, 0.15) is 0 Å². The van der Waals surface area contributed by atoms with Crippen LogP contribution in [0.2, 0.25) is 0 Å². The Kier molecular flexibility index (Phi) is 106. The molecule has 0 saturated carbocycles. The Bertz CT molecular complexity index is 81.5. The monoisotopic (exact) mass is 656 g/mol. The second kappa shape index (κ2) is 42.9. The number of hydrogen-bond donors (Lipinski definition) is 0. The third kappa shape index (κ3) is 1590. The van der Waals surface area contributed by atoms with Crippen LogP contribution < -0.4 is 40.2 Å². The zero-order valence-electron chi connectivity index (χ0n) is 8.50. The maximum absolute atomic E-state index is 9.89. The molecule has 0 saturated heterocycles. The maximum atomic E-state index is 9.89. The summed E-state index contributed by atoms with van der Waals surface area (Å²) in [6.45, 7) is 0. The van der Waals surface area contributed by atoms with Crippen molar-refractivity contribution >= 4 is 29.6 Å². The maximum Gasteiger partial charge on any atom is 2.00 e. The van der Waals surface area contributed by atoms with E-state index in [1.807, 2.05) is 0 Å². The predicted octanol–water partition coefficient (Wildman–Crippen LogP) is -9.36. The summed E-state index contributed by atoms with van der Waals surface area (Å²) in [5.41, 5.74) is 0. The second-order valence-electron chi connectivity index (χ2n) is 1.10. The fourth-order valence-electron chi connectivity index (χ4n) is 0. The van der Waals surface area contributed by atoms with Crippen LogP contribution in [0.25, 0.3) is 0 Å². The van der Waals surface area contributed by atoms with Crippen LogP contribution in [0.15, 0.2) is 0 Å². The van der Waals surface area contributed by atoms with Gasteiger partial charge in [-0.1, -0.05) is 0 Å². The van der Waals surface area contributed by atoms with Crippen LogP contribution in [0.3, 0.4) is 0 Å². The van der Waals surface area contributed by atoms with Gasteiger partial charge in [-0.05, 0) is 0 Å². The van der Waals surface area contributed by atoms with E-state index in [1.165, 1.54) is 0 Å². The molecule has 0 aliphatic heterocycles. The van der Waals surface area contributed by atoms with Gasteiger partial charge < -0.3 is 57.5 Å². The van der Waals surface area contributed by atoms with Gasteiger partial charge in [-0.2, -0.15) is 0 Å². The first-order chi connectivity index (χ1) is 6.93. The van der Waals surface area contributed by atoms with E-state index in [2.05, 4.69) is 0 Å². The zero-order valence-corrected chi connectivity index (χ0v) is 15.5. The van der Waals surface area contributed by atoms with Crippen molar-refractivity contribution in [2.75, 3.05) is 0 Å². The van der Waals surface area contributed by atoms with Gasteiger partial charge in [0.05, 0.1) is 0 Å². The molecule has 0 aromatic heterocycles. The second-order valence-corrected chi connectivity index (χ2v) is 1.10. The molecular weight excluding hydrogens is 652 g/mol. The van der Waals surface area contributed by atoms with E-state index >= 15 is 0 Å². The third-order valence-electron chi connectivity index (χ3n) is 0. The Hall–Kier alpha value is 2.15. The van der Waals surface area contributed by atoms with Crippen LogP contribution in [0.5, 0.6) is 0 Å². The van der Waals surface area contributed by atoms with Crippen molar-refractivity contribution < 1.29 is 135 Å². The van der Waals surface area contributed by atoms with Crippen molar-refractivity contribution in [3.63, 3.8) is 0 Å². The molecule has 0 aromatic rings. The molecule has 0 radical (unpaired) electrons. The van der Waals surface area contributed by atoms with Crippen LogP contribution in [0, 0.1) is 0 Å². The average molecular weight is 652 g/mol. The van der Waals surface area contributed by atoms with Crippen molar-refractivity contribution in [2.45, 2.75) is 0 Å². The molecule has 0 unspecified atom stereocenters. The summed E-state index contributed by atoms with van der Waals surface area (Å²) in [4.78, 5) is 0. The molecule has 0 N–H and O–H groups in total. The Labute approximate surface area is 164 Å². The first-order valence-electron chi connectivity index (χ1n) is 2.76. The third-order valence-corrected chi connectivity index (χ3v) is 0. The van der Waals surface area contributed by atoms with Crippen LogP contribution in [0.4, 0.5) is 17.3 Å². The van der Waals surface area contributed by atoms with E-state index in [0.717, 1.165) is 0 Å². The smallest absolute Gasteiger partial charge is 0.867 e. The summed E-state index contributed by atoms with van der Waals surface area (Å²) in [5, 5.41) is 66.4. The standard InChI is InChI=1S/4BFO2.4Ru/c4*2-1(3)4;;;;/q4*-2;4*+2. The molecule has 20 heavy (non-hydrogen) atoms. The fraction of sp³-hybridized carbons (Fsp3) is 0. The largest absolute Gasteiger partial charge is 2.00 e. The van der Waals surface area contributed by atoms with E-state index in [9.17, 15) is 17.3 Å². The predicted molar refractivity (Wildman–Crippen MR) is 27.4 cm³/mol. The molecule has 0 bridgehead atoms. The molecule has 0 aromatic carbocycles. The molecule has 0 rings (SSSR count). The van der Waals surface area contributed by atoms with Crippen LogP contribution in [-0.4, -0.2) is 29.6 Å². The summed E-state index contributed by atoms with van der Waals surface area (Å²) in [5.74, 6) is 0. The van der Waals surface area contributed by atoms with Gasteiger partial charge in [0.1, 0.15) is 29.6 Å². The Morgan fingerprint density at radius 3 is 0.350 bits per heavy atom. The van der Waals surface area contributed by atoms with Crippen molar-refractivity contribution in [1.29, 1.82) is 0 Å². The first kappa shape index (κ1) is 49.5. The van der Waals surface area contributed by atoms with Crippen molar-refractivity contribution in [2.24, 2.45) is 0 Å². The fourth-order valence-corrected chi connectivity index (χ4v) is 0. The van der Waals surface area contributed by atoms with Gasteiger partial charge in [0.15, 0.2) is 0 Å². The van der Waals surface area contributed by atoms with Crippen LogP contribution in [-0.2, 0) is 77.9 Å². The van der Waals surface area contributed by atoms with Crippen molar-refractivity contribution in [3.8, 4) is 0 Å². The molecule has 0 fully saturated rings. The average Bonchev–Trinajstić information content (AvgIpc) is 1.76. The Balaban J connectivity index is -0.0000000150. The summed E-state index contributed by atoms with van der Waals surface area (Å²) in [7, 11) is -12.7. The van der Waals surface area contributed by atoms with Gasteiger partial charge in [0.2, 0.25) is 0 Å². The summed E-state index contributed by atoms with van der Waals surface area (Å²) in [6.07, 6.45) is 0. The number of hydrogen-bond acceptors (Lipinski definition) is 8. The number of rotatable bonds is 0. The molecule has 0 aliphatic carbocycles. The van der Waals surface area contributed by atoms with Gasteiger partial charge in [-0.15, -0.1) is 0 Å². The molecule has 20 heteroatoms. The molecule has 0 aliphatic rings. The van der Waals surface area contributed by atoms with E-state index in [-0.39, 0.29) is 77.9 Å². The van der Waals surface area contributed by atoms with E-state index in [1.54, 1.807) is 0 Å². The molecule has 8 nitrogen and oxygen atoms in total. The quantitative estimate of drug-likeness (QED) is 0.183. The van der Waals surface area contributed by atoms with Crippen molar-refractivity contribution in [3.05, 3.63) is 0 Å². The van der Waals surface area contributed by atoms with Gasteiger partial charge in [-0.25, -0.2) is 0 Å². The van der Waals surface area contributed by atoms with Crippen LogP contribution >= 0.6 is 0 Å².